The Morgan fingerprint density at radius 1 is 1.18 bits per heavy atom. The molecule has 0 bridgehead atoms. The highest BCUT2D eigenvalue weighted by Crippen LogP contribution is 2.45. The quantitative estimate of drug-likeness (QED) is 0.227. The number of fused-ring (bicyclic) bond motifs is 2. The van der Waals surface area contributed by atoms with Gasteiger partial charge in [0.25, 0.3) is 5.91 Å². The molecule has 1 saturated heterocycles. The lowest BCUT2D eigenvalue weighted by Crippen LogP contribution is -2.50. The molecule has 6 rings (SSSR count). The molecule has 226 valence electrons. The van der Waals surface area contributed by atoms with Gasteiger partial charge in [0.1, 0.15) is 34.9 Å². The Balaban J connectivity index is 1.34. The third-order valence-electron chi connectivity index (χ3n) is 8.19. The second kappa shape index (κ2) is 11.5. The van der Waals surface area contributed by atoms with E-state index in [1.165, 1.54) is 4.68 Å². The number of carbonyl (C=O) groups is 3. The topological polar surface area (TPSA) is 135 Å². The molecule has 4 heterocycles. The van der Waals surface area contributed by atoms with Crippen molar-refractivity contribution >= 4 is 50.4 Å². The molecule has 4 aromatic rings. The van der Waals surface area contributed by atoms with Gasteiger partial charge in [0.05, 0.1) is 17.0 Å². The number of anilines is 1. The van der Waals surface area contributed by atoms with E-state index in [-0.39, 0.29) is 24.1 Å². The van der Waals surface area contributed by atoms with Crippen molar-refractivity contribution in [1.29, 1.82) is 0 Å². The number of aryl methyl sites for hydroxylation is 2. The highest BCUT2D eigenvalue weighted by atomic mass is 79.9. The molecule has 4 atom stereocenters. The summed E-state index contributed by atoms with van der Waals surface area (Å²) in [6, 6.07) is 7.37. The third-order valence-corrected chi connectivity index (χ3v) is 8.63. The van der Waals surface area contributed by atoms with Gasteiger partial charge >= 0.3 is 0 Å². The third kappa shape index (κ3) is 5.54. The molecule has 2 N–H and O–H groups in total. The minimum Gasteiger partial charge on any atom is -0.337 e. The first kappa shape index (κ1) is 30.0. The number of amides is 3. The van der Waals surface area contributed by atoms with Gasteiger partial charge in [-0.25, -0.2) is 15.0 Å². The molecule has 1 aliphatic carbocycles. The Hall–Kier alpha value is -5.07. The molecule has 1 unspecified atom stereocenters. The number of hydrogen-bond donors (Lipinski definition) is 2. The van der Waals surface area contributed by atoms with Crippen molar-refractivity contribution < 1.29 is 14.4 Å². The number of benzene rings is 1. The number of halogens is 1. The van der Waals surface area contributed by atoms with Crippen LogP contribution in [0.5, 0.6) is 0 Å². The first-order valence-corrected chi connectivity index (χ1v) is 15.1. The van der Waals surface area contributed by atoms with Crippen LogP contribution in [0.15, 0.2) is 47.3 Å². The van der Waals surface area contributed by atoms with Crippen LogP contribution in [0, 0.1) is 43.4 Å². The van der Waals surface area contributed by atoms with Crippen LogP contribution in [-0.4, -0.2) is 65.5 Å². The van der Waals surface area contributed by atoms with Crippen LogP contribution in [0.4, 0.5) is 5.82 Å². The van der Waals surface area contributed by atoms with Crippen molar-refractivity contribution in [2.24, 2.45) is 5.41 Å². The SMILES string of the molecule is C#CC(C)NC(=O)c1nn(CC(=O)N2[C@H](C(=O)Nc3nc(Br)ccc3C)C[C@@]3(C)C#C[C@@H]23)c2ccc(-c3cnc(C)nc3)cc12. The summed E-state index contributed by atoms with van der Waals surface area (Å²) in [7, 11) is 0. The maximum Gasteiger partial charge on any atom is 0.273 e. The highest BCUT2D eigenvalue weighted by molar-refractivity contribution is 9.10. The first-order valence-electron chi connectivity index (χ1n) is 14.3. The van der Waals surface area contributed by atoms with Crippen LogP contribution in [0.2, 0.25) is 0 Å². The van der Waals surface area contributed by atoms with Crippen LogP contribution in [-0.2, 0) is 16.1 Å². The Morgan fingerprint density at radius 2 is 1.93 bits per heavy atom. The monoisotopic (exact) mass is 664 g/mol. The molecule has 12 heteroatoms. The van der Waals surface area contributed by atoms with E-state index < -0.39 is 29.4 Å². The van der Waals surface area contributed by atoms with Gasteiger partial charge in [-0.15, -0.1) is 6.42 Å². The Morgan fingerprint density at radius 3 is 2.62 bits per heavy atom. The molecule has 45 heavy (non-hydrogen) atoms. The summed E-state index contributed by atoms with van der Waals surface area (Å²) in [6.07, 6.45) is 9.30. The molecule has 1 fully saturated rings. The fraction of sp³-hybridized carbons (Fsp3) is 0.303. The zero-order valence-electron chi connectivity index (χ0n) is 25.1. The summed E-state index contributed by atoms with van der Waals surface area (Å²) >= 11 is 3.35. The largest absolute Gasteiger partial charge is 0.337 e. The second-order valence-corrected chi connectivity index (χ2v) is 12.3. The zero-order chi connectivity index (χ0) is 32.0. The normalized spacial score (nSPS) is 20.3. The predicted molar refractivity (Wildman–Crippen MR) is 171 cm³/mol. The standard InChI is InChI=1S/C33H29BrN8O3/c1-6-19(3)37-32(45)29-23-13-21(22-15-35-20(4)36-16-22)8-9-24(23)41(40-29)17-28(43)42-25(14-33(5)12-11-26(33)42)31(44)39-30-18(2)7-10-27(34)38-30/h1,7-10,13,15-16,19,25-26H,14,17H2,2-5H3,(H,37,45)(H,38,39,44)/t19?,25-,26+,33+/m0/s1. The number of nitrogens with one attached hydrogen (secondary N) is 2. The van der Waals surface area contributed by atoms with E-state index in [1.54, 1.807) is 43.3 Å². The summed E-state index contributed by atoms with van der Waals surface area (Å²) in [5.74, 6) is 8.60. The molecular weight excluding hydrogens is 636 g/mol. The number of pyridine rings is 1. The molecule has 1 aliphatic heterocycles. The molecule has 0 spiro atoms. The number of nitrogens with zero attached hydrogens (tertiary/aromatic N) is 6. The van der Waals surface area contributed by atoms with Crippen molar-refractivity contribution in [1.82, 2.24) is 34.9 Å². The lowest BCUT2D eigenvalue weighted by molar-refractivity contribution is -0.138. The number of terminal acetylenes is 1. The Kier molecular flexibility index (Phi) is 7.63. The van der Waals surface area contributed by atoms with Gasteiger partial charge in [0.2, 0.25) is 11.8 Å². The summed E-state index contributed by atoms with van der Waals surface area (Å²) in [5, 5.41) is 10.8. The van der Waals surface area contributed by atoms with E-state index in [4.69, 9.17) is 6.42 Å². The number of rotatable bonds is 7. The van der Waals surface area contributed by atoms with Crippen LogP contribution >= 0.6 is 15.9 Å². The molecule has 3 aromatic heterocycles. The molecule has 3 amide bonds. The van der Waals surface area contributed by atoms with E-state index in [1.807, 2.05) is 32.0 Å². The number of likely N-dealkylation sites (tertiary alicyclic amines) is 1. The van der Waals surface area contributed by atoms with Crippen LogP contribution in [0.25, 0.3) is 22.0 Å². The molecule has 11 nitrogen and oxygen atoms in total. The van der Waals surface area contributed by atoms with Gasteiger partial charge in [-0.05, 0) is 79.4 Å². The van der Waals surface area contributed by atoms with Gasteiger partial charge in [0.15, 0.2) is 5.69 Å². The van der Waals surface area contributed by atoms with Crippen molar-refractivity contribution in [3.05, 3.63) is 64.4 Å². The van der Waals surface area contributed by atoms with Crippen LogP contribution in [0.1, 0.15) is 42.1 Å². The van der Waals surface area contributed by atoms with Crippen molar-refractivity contribution in [3.63, 3.8) is 0 Å². The van der Waals surface area contributed by atoms with E-state index in [9.17, 15) is 14.4 Å². The van der Waals surface area contributed by atoms with Crippen LogP contribution < -0.4 is 10.6 Å². The summed E-state index contributed by atoms with van der Waals surface area (Å²) in [4.78, 5) is 55.5. The van der Waals surface area contributed by atoms with Gasteiger partial charge in [-0.1, -0.05) is 29.9 Å². The number of hydrogen-bond acceptors (Lipinski definition) is 7. The van der Waals surface area contributed by atoms with E-state index in [2.05, 4.69) is 64.4 Å². The highest BCUT2D eigenvalue weighted by Gasteiger charge is 2.56. The zero-order valence-corrected chi connectivity index (χ0v) is 26.6. The lowest BCUT2D eigenvalue weighted by atomic mass is 9.76. The van der Waals surface area contributed by atoms with Crippen molar-refractivity contribution in [2.45, 2.75) is 58.8 Å². The van der Waals surface area contributed by atoms with E-state index >= 15 is 0 Å². The van der Waals surface area contributed by atoms with E-state index in [0.717, 1.165) is 16.7 Å². The summed E-state index contributed by atoms with van der Waals surface area (Å²) < 4.78 is 2.07. The van der Waals surface area contributed by atoms with Crippen molar-refractivity contribution in [2.75, 3.05) is 5.32 Å². The maximum absolute atomic E-state index is 14.1. The number of carbonyl (C=O) groups excluding carboxylic acids is 3. The second-order valence-electron chi connectivity index (χ2n) is 11.5. The fourth-order valence-corrected chi connectivity index (χ4v) is 5.99. The predicted octanol–water partition coefficient (Wildman–Crippen LogP) is 3.65. The van der Waals surface area contributed by atoms with Gasteiger partial charge < -0.3 is 15.5 Å². The minimum atomic E-state index is -0.788. The molecular formula is C33H29BrN8O3. The van der Waals surface area contributed by atoms with Crippen LogP contribution in [0.3, 0.4) is 0 Å². The summed E-state index contributed by atoms with van der Waals surface area (Å²) in [5.41, 5.74) is 2.51. The average Bonchev–Trinajstić information content (AvgIpc) is 3.47. The molecule has 0 radical (unpaired) electrons. The molecule has 1 aromatic carbocycles. The molecule has 2 aliphatic rings. The van der Waals surface area contributed by atoms with Crippen molar-refractivity contribution in [3.8, 4) is 35.3 Å². The number of aromatic nitrogens is 5. The average molecular weight is 666 g/mol. The maximum atomic E-state index is 14.1. The minimum absolute atomic E-state index is 0.120. The van der Waals surface area contributed by atoms with Gasteiger partial charge in [-0.3, -0.25) is 19.1 Å². The van der Waals surface area contributed by atoms with E-state index in [0.29, 0.717) is 33.6 Å². The Labute approximate surface area is 268 Å². The lowest BCUT2D eigenvalue weighted by Gasteiger charge is -2.34. The molecule has 0 saturated carbocycles. The summed E-state index contributed by atoms with van der Waals surface area (Å²) in [6.45, 7) is 7.08. The fourth-order valence-electron chi connectivity index (χ4n) is 5.68. The smallest absolute Gasteiger partial charge is 0.273 e. The Bertz CT molecular complexity index is 1990. The van der Waals surface area contributed by atoms with Gasteiger partial charge in [0, 0.05) is 23.3 Å². The van der Waals surface area contributed by atoms with Gasteiger partial charge in [-0.2, -0.15) is 5.10 Å². The first-order chi connectivity index (χ1) is 21.5.